The summed E-state index contributed by atoms with van der Waals surface area (Å²) in [6, 6.07) is 0. The highest BCUT2D eigenvalue weighted by molar-refractivity contribution is 5.84. The molecule has 1 rings (SSSR count). The summed E-state index contributed by atoms with van der Waals surface area (Å²) < 4.78 is 6.28. The summed E-state index contributed by atoms with van der Waals surface area (Å²) >= 11 is 0. The number of rotatable bonds is 6. The Bertz CT molecular complexity index is 561. The normalized spacial score (nSPS) is 11.1. The molecular formula is C13H20N4O5. The van der Waals surface area contributed by atoms with Gasteiger partial charge in [-0.05, 0) is 20.8 Å². The molecule has 0 saturated heterocycles. The maximum Gasteiger partial charge on any atom is 0.358 e. The van der Waals surface area contributed by atoms with Gasteiger partial charge in [-0.15, -0.1) is 5.10 Å². The molecule has 0 saturated carbocycles. The highest BCUT2D eigenvalue weighted by Crippen LogP contribution is 2.08. The monoisotopic (exact) mass is 312 g/mol. The van der Waals surface area contributed by atoms with Crippen molar-refractivity contribution < 1.29 is 24.2 Å². The van der Waals surface area contributed by atoms with Gasteiger partial charge >= 0.3 is 11.9 Å². The molecule has 22 heavy (non-hydrogen) atoms. The standard InChI is InChI=1S/C13H20N4O5/c1-13(2,3)22-11(19)5-6-16(4)10(18)8-17-7-9(12(20)21)14-15-17/h7H,5-6,8H2,1-4H3,(H,20,21). The highest BCUT2D eigenvalue weighted by Gasteiger charge is 2.18. The number of nitrogens with zero attached hydrogens (tertiary/aromatic N) is 4. The van der Waals surface area contributed by atoms with Crippen molar-refractivity contribution in [2.24, 2.45) is 0 Å². The first-order chi connectivity index (χ1) is 10.1. The lowest BCUT2D eigenvalue weighted by Gasteiger charge is -2.21. The van der Waals surface area contributed by atoms with Crippen molar-refractivity contribution in [2.75, 3.05) is 13.6 Å². The molecule has 0 atom stereocenters. The van der Waals surface area contributed by atoms with Gasteiger partial charge in [-0.25, -0.2) is 9.48 Å². The summed E-state index contributed by atoms with van der Waals surface area (Å²) in [5.41, 5.74) is -0.794. The quantitative estimate of drug-likeness (QED) is 0.744. The third kappa shape index (κ3) is 5.90. The molecule has 1 aromatic heterocycles. The summed E-state index contributed by atoms with van der Waals surface area (Å²) in [6.45, 7) is 5.36. The van der Waals surface area contributed by atoms with Crippen molar-refractivity contribution in [1.29, 1.82) is 0 Å². The fraction of sp³-hybridized carbons (Fsp3) is 0.615. The Morgan fingerprint density at radius 1 is 1.36 bits per heavy atom. The first-order valence-electron chi connectivity index (χ1n) is 6.68. The molecule has 0 unspecified atom stereocenters. The second-order valence-electron chi connectivity index (χ2n) is 5.76. The van der Waals surface area contributed by atoms with Crippen LogP contribution in [0.2, 0.25) is 0 Å². The number of likely N-dealkylation sites (N-methyl/N-ethyl adjacent to an activating group) is 1. The number of carbonyl (C=O) groups excluding carboxylic acids is 2. The van der Waals surface area contributed by atoms with E-state index in [1.54, 1.807) is 27.8 Å². The Hall–Kier alpha value is -2.45. The molecule has 0 aliphatic rings. The Kier molecular flexibility index (Phi) is 5.61. The number of ether oxygens (including phenoxy) is 1. The summed E-state index contributed by atoms with van der Waals surface area (Å²) in [5.74, 6) is -1.91. The lowest BCUT2D eigenvalue weighted by Crippen LogP contribution is -2.33. The van der Waals surface area contributed by atoms with Crippen LogP contribution in [0.15, 0.2) is 6.20 Å². The van der Waals surface area contributed by atoms with Gasteiger partial charge in [0.15, 0.2) is 5.69 Å². The Labute approximate surface area is 127 Å². The number of aromatic nitrogens is 3. The molecule has 0 bridgehead atoms. The van der Waals surface area contributed by atoms with E-state index in [-0.39, 0.29) is 37.1 Å². The van der Waals surface area contributed by atoms with Gasteiger partial charge in [0, 0.05) is 13.6 Å². The maximum atomic E-state index is 11.9. The summed E-state index contributed by atoms with van der Waals surface area (Å²) in [7, 11) is 1.54. The predicted molar refractivity (Wildman–Crippen MR) is 75.1 cm³/mol. The van der Waals surface area contributed by atoms with Gasteiger partial charge in [0.05, 0.1) is 12.6 Å². The first kappa shape index (κ1) is 17.6. The summed E-state index contributed by atoms with van der Waals surface area (Å²) in [6.07, 6.45) is 1.25. The van der Waals surface area contributed by atoms with E-state index in [0.29, 0.717) is 0 Å². The molecule has 0 radical (unpaired) electrons. The van der Waals surface area contributed by atoms with E-state index in [4.69, 9.17) is 9.84 Å². The van der Waals surface area contributed by atoms with Crippen LogP contribution < -0.4 is 0 Å². The van der Waals surface area contributed by atoms with Gasteiger partial charge in [0.1, 0.15) is 12.1 Å². The molecule has 9 nitrogen and oxygen atoms in total. The van der Waals surface area contributed by atoms with Crippen LogP contribution in [0.4, 0.5) is 0 Å². The van der Waals surface area contributed by atoms with Crippen LogP contribution in [-0.4, -0.2) is 62.0 Å². The molecule has 0 aliphatic carbocycles. The Balaban J connectivity index is 2.44. The van der Waals surface area contributed by atoms with Crippen LogP contribution in [0.3, 0.4) is 0 Å². The average molecular weight is 312 g/mol. The molecule has 1 aromatic rings. The molecule has 0 fully saturated rings. The second-order valence-corrected chi connectivity index (χ2v) is 5.76. The number of aromatic carboxylic acids is 1. The van der Waals surface area contributed by atoms with E-state index < -0.39 is 11.6 Å². The van der Waals surface area contributed by atoms with Crippen molar-refractivity contribution in [2.45, 2.75) is 39.3 Å². The molecule has 1 heterocycles. The maximum absolute atomic E-state index is 11.9. The number of carboxylic acid groups (broad SMARTS) is 1. The van der Waals surface area contributed by atoms with Crippen molar-refractivity contribution in [3.05, 3.63) is 11.9 Å². The van der Waals surface area contributed by atoms with Crippen LogP contribution in [0.5, 0.6) is 0 Å². The molecular weight excluding hydrogens is 292 g/mol. The minimum absolute atomic E-state index is 0.0806. The van der Waals surface area contributed by atoms with Gasteiger partial charge in [-0.2, -0.15) is 0 Å². The fourth-order valence-corrected chi connectivity index (χ4v) is 1.51. The van der Waals surface area contributed by atoms with Crippen molar-refractivity contribution in [3.63, 3.8) is 0 Å². The van der Waals surface area contributed by atoms with Crippen LogP contribution in [-0.2, 0) is 20.9 Å². The number of carboxylic acids is 1. The Morgan fingerprint density at radius 2 is 2.00 bits per heavy atom. The largest absolute Gasteiger partial charge is 0.476 e. The third-order valence-electron chi connectivity index (χ3n) is 2.55. The molecule has 1 amide bonds. The van der Waals surface area contributed by atoms with E-state index in [1.165, 1.54) is 11.1 Å². The van der Waals surface area contributed by atoms with E-state index in [0.717, 1.165) is 4.68 Å². The van der Waals surface area contributed by atoms with Gasteiger partial charge in [-0.1, -0.05) is 5.21 Å². The highest BCUT2D eigenvalue weighted by atomic mass is 16.6. The van der Waals surface area contributed by atoms with Gasteiger partial charge in [0.25, 0.3) is 0 Å². The topological polar surface area (TPSA) is 115 Å². The van der Waals surface area contributed by atoms with Crippen LogP contribution in [0.1, 0.15) is 37.7 Å². The number of hydrogen-bond donors (Lipinski definition) is 1. The predicted octanol–water partition coefficient (Wildman–Crippen LogP) is 0.167. The summed E-state index contributed by atoms with van der Waals surface area (Å²) in [4.78, 5) is 35.5. The zero-order chi connectivity index (χ0) is 16.9. The zero-order valence-electron chi connectivity index (χ0n) is 13.1. The van der Waals surface area contributed by atoms with E-state index >= 15 is 0 Å². The van der Waals surface area contributed by atoms with Crippen molar-refractivity contribution in [1.82, 2.24) is 19.9 Å². The minimum atomic E-state index is -1.21. The lowest BCUT2D eigenvalue weighted by molar-refractivity contribution is -0.155. The fourth-order valence-electron chi connectivity index (χ4n) is 1.51. The van der Waals surface area contributed by atoms with E-state index in [2.05, 4.69) is 10.3 Å². The van der Waals surface area contributed by atoms with E-state index in [9.17, 15) is 14.4 Å². The van der Waals surface area contributed by atoms with Gasteiger partial charge < -0.3 is 14.7 Å². The molecule has 9 heteroatoms. The molecule has 0 aliphatic heterocycles. The number of carbonyl (C=O) groups is 3. The number of hydrogen-bond acceptors (Lipinski definition) is 6. The smallest absolute Gasteiger partial charge is 0.358 e. The number of amides is 1. The van der Waals surface area contributed by atoms with Crippen molar-refractivity contribution in [3.8, 4) is 0 Å². The van der Waals surface area contributed by atoms with Gasteiger partial charge in [-0.3, -0.25) is 9.59 Å². The van der Waals surface area contributed by atoms with Crippen LogP contribution >= 0.6 is 0 Å². The van der Waals surface area contributed by atoms with E-state index in [1.807, 2.05) is 0 Å². The number of esters is 1. The summed E-state index contributed by atoms with van der Waals surface area (Å²) in [5, 5.41) is 15.7. The van der Waals surface area contributed by atoms with Crippen LogP contribution in [0.25, 0.3) is 0 Å². The molecule has 1 N–H and O–H groups in total. The Morgan fingerprint density at radius 3 is 2.50 bits per heavy atom. The molecule has 122 valence electrons. The van der Waals surface area contributed by atoms with Crippen molar-refractivity contribution >= 4 is 17.8 Å². The molecule has 0 spiro atoms. The minimum Gasteiger partial charge on any atom is -0.476 e. The first-order valence-corrected chi connectivity index (χ1v) is 6.68. The van der Waals surface area contributed by atoms with Crippen LogP contribution in [0, 0.1) is 0 Å². The zero-order valence-corrected chi connectivity index (χ0v) is 13.1. The third-order valence-corrected chi connectivity index (χ3v) is 2.55. The lowest BCUT2D eigenvalue weighted by atomic mass is 10.2. The molecule has 0 aromatic carbocycles. The average Bonchev–Trinajstić information content (AvgIpc) is 2.82. The SMILES string of the molecule is CN(CCC(=O)OC(C)(C)C)C(=O)Cn1cc(C(=O)O)nn1. The second kappa shape index (κ2) is 7.01. The van der Waals surface area contributed by atoms with Gasteiger partial charge in [0.2, 0.25) is 5.91 Å².